The third-order valence-electron chi connectivity index (χ3n) is 3.35. The maximum atomic E-state index is 12.3. The van der Waals surface area contributed by atoms with Gasteiger partial charge in [-0.25, -0.2) is 0 Å². The second-order valence-corrected chi connectivity index (χ2v) is 5.59. The van der Waals surface area contributed by atoms with E-state index in [1.807, 2.05) is 19.1 Å². The summed E-state index contributed by atoms with van der Waals surface area (Å²) in [7, 11) is 0. The number of halogens is 1. The topological polar surface area (TPSA) is 73.0 Å². The predicted octanol–water partition coefficient (Wildman–Crippen LogP) is 3.45. The van der Waals surface area contributed by atoms with Crippen LogP contribution in [0, 0.1) is 13.8 Å². The van der Waals surface area contributed by atoms with E-state index >= 15 is 0 Å². The molecule has 1 N–H and O–H groups in total. The molecular weight excluding hydrogens is 316 g/mol. The normalized spacial score (nSPS) is 10.7. The van der Waals surface area contributed by atoms with E-state index in [1.165, 1.54) is 0 Å². The molecular formula is C16H15ClN4O2. The number of benzene rings is 1. The second-order valence-electron chi connectivity index (χ2n) is 5.15. The Balaban J connectivity index is 1.75. The summed E-state index contributed by atoms with van der Waals surface area (Å²) < 4.78 is 7.17. The van der Waals surface area contributed by atoms with E-state index in [1.54, 1.807) is 35.9 Å². The Labute approximate surface area is 138 Å². The van der Waals surface area contributed by atoms with Crippen molar-refractivity contribution in [2.75, 3.05) is 5.32 Å². The number of carbonyl (C=O) groups excluding carboxylic acids is 1. The first-order valence-corrected chi connectivity index (χ1v) is 7.42. The molecule has 6 nitrogen and oxygen atoms in total. The molecule has 1 aromatic carbocycles. The number of rotatable bonds is 4. The van der Waals surface area contributed by atoms with Gasteiger partial charge in [-0.15, -0.1) is 10.2 Å². The zero-order valence-electron chi connectivity index (χ0n) is 12.7. The molecule has 0 saturated carbocycles. The molecule has 7 heteroatoms. The Morgan fingerprint density at radius 1 is 1.30 bits per heavy atom. The van der Waals surface area contributed by atoms with E-state index in [2.05, 4.69) is 15.5 Å². The van der Waals surface area contributed by atoms with Gasteiger partial charge in [0.15, 0.2) is 0 Å². The number of hydrogen-bond donors (Lipinski definition) is 1. The fourth-order valence-corrected chi connectivity index (χ4v) is 2.48. The lowest BCUT2D eigenvalue weighted by atomic mass is 10.2. The van der Waals surface area contributed by atoms with Gasteiger partial charge in [0.05, 0.1) is 0 Å². The number of aryl methyl sites for hydroxylation is 2. The second kappa shape index (κ2) is 6.26. The number of aromatic nitrogens is 3. The van der Waals surface area contributed by atoms with Crippen molar-refractivity contribution in [3.05, 3.63) is 53.0 Å². The molecule has 0 unspecified atom stereocenters. The molecule has 0 aliphatic rings. The van der Waals surface area contributed by atoms with Gasteiger partial charge in [-0.1, -0.05) is 11.6 Å². The summed E-state index contributed by atoms with van der Waals surface area (Å²) in [5.41, 5.74) is 2.35. The lowest BCUT2D eigenvalue weighted by Gasteiger charge is -2.10. The van der Waals surface area contributed by atoms with Gasteiger partial charge >= 0.3 is 0 Å². The molecule has 0 aliphatic heterocycles. The highest BCUT2D eigenvalue weighted by Gasteiger charge is 2.13. The average Bonchev–Trinajstić information content (AvgIpc) is 3.10. The third kappa shape index (κ3) is 3.43. The van der Waals surface area contributed by atoms with Crippen molar-refractivity contribution in [1.82, 2.24) is 14.8 Å². The van der Waals surface area contributed by atoms with E-state index in [9.17, 15) is 4.79 Å². The van der Waals surface area contributed by atoms with Gasteiger partial charge in [0.1, 0.15) is 12.2 Å². The summed E-state index contributed by atoms with van der Waals surface area (Å²) in [6.45, 7) is 3.76. The molecule has 118 valence electrons. The van der Waals surface area contributed by atoms with Crippen LogP contribution in [0.15, 0.2) is 40.9 Å². The van der Waals surface area contributed by atoms with Crippen molar-refractivity contribution in [2.45, 2.75) is 20.4 Å². The lowest BCUT2D eigenvalue weighted by molar-refractivity contribution is -0.116. The van der Waals surface area contributed by atoms with Crippen LogP contribution in [-0.4, -0.2) is 20.7 Å². The summed E-state index contributed by atoms with van der Waals surface area (Å²) in [6.07, 6.45) is 1.79. The number of hydrogen-bond acceptors (Lipinski definition) is 4. The zero-order valence-corrected chi connectivity index (χ0v) is 13.5. The standard InChI is InChI=1S/C16H15ClN4O2/c1-10-8-12(17)5-6-13(10)18-15(22)9-21-7-3-4-14(21)16-20-19-11(2)23-16/h3-8H,9H2,1-2H3,(H,18,22). The van der Waals surface area contributed by atoms with E-state index in [4.69, 9.17) is 16.0 Å². The van der Waals surface area contributed by atoms with Gasteiger partial charge in [0.2, 0.25) is 11.8 Å². The molecule has 1 amide bonds. The third-order valence-corrected chi connectivity index (χ3v) is 3.59. The van der Waals surface area contributed by atoms with Crippen LogP contribution in [0.1, 0.15) is 11.5 Å². The maximum Gasteiger partial charge on any atom is 0.264 e. The molecule has 0 atom stereocenters. The number of carbonyl (C=O) groups is 1. The first-order chi connectivity index (χ1) is 11.0. The van der Waals surface area contributed by atoms with Gasteiger partial charge in [0, 0.05) is 23.8 Å². The molecule has 3 rings (SSSR count). The molecule has 0 bridgehead atoms. The Bertz CT molecular complexity index is 853. The molecule has 0 radical (unpaired) electrons. The van der Waals surface area contributed by atoms with Crippen LogP contribution in [0.3, 0.4) is 0 Å². The first-order valence-electron chi connectivity index (χ1n) is 7.04. The van der Waals surface area contributed by atoms with Crippen LogP contribution in [0.25, 0.3) is 11.6 Å². The summed E-state index contributed by atoms with van der Waals surface area (Å²) in [5, 5.41) is 11.3. The van der Waals surface area contributed by atoms with Crippen LogP contribution in [0.4, 0.5) is 5.69 Å². The quantitative estimate of drug-likeness (QED) is 0.795. The van der Waals surface area contributed by atoms with Crippen LogP contribution in [0.5, 0.6) is 0 Å². The molecule has 0 fully saturated rings. The summed E-state index contributed by atoms with van der Waals surface area (Å²) >= 11 is 5.92. The lowest BCUT2D eigenvalue weighted by Crippen LogP contribution is -2.19. The Kier molecular flexibility index (Phi) is 4.16. The van der Waals surface area contributed by atoms with Crippen LogP contribution in [-0.2, 0) is 11.3 Å². The van der Waals surface area contributed by atoms with E-state index in [-0.39, 0.29) is 12.5 Å². The molecule has 0 saturated heterocycles. The monoisotopic (exact) mass is 330 g/mol. The fourth-order valence-electron chi connectivity index (χ4n) is 2.26. The highest BCUT2D eigenvalue weighted by atomic mass is 35.5. The smallest absolute Gasteiger partial charge is 0.264 e. The minimum absolute atomic E-state index is 0.145. The predicted molar refractivity (Wildman–Crippen MR) is 87.3 cm³/mol. The fraction of sp³-hybridized carbons (Fsp3) is 0.188. The minimum atomic E-state index is -0.149. The minimum Gasteiger partial charge on any atom is -0.420 e. The highest BCUT2D eigenvalue weighted by Crippen LogP contribution is 2.21. The molecule has 0 spiro atoms. The van der Waals surface area contributed by atoms with E-state index in [0.29, 0.717) is 22.5 Å². The average molecular weight is 331 g/mol. The van der Waals surface area contributed by atoms with E-state index < -0.39 is 0 Å². The largest absolute Gasteiger partial charge is 0.420 e. The van der Waals surface area contributed by atoms with Crippen molar-refractivity contribution in [3.63, 3.8) is 0 Å². The SMILES string of the molecule is Cc1nnc(-c2cccn2CC(=O)Nc2ccc(Cl)cc2C)o1. The van der Waals surface area contributed by atoms with Crippen molar-refractivity contribution in [3.8, 4) is 11.6 Å². The summed E-state index contributed by atoms with van der Waals surface area (Å²) in [5.74, 6) is 0.723. The summed E-state index contributed by atoms with van der Waals surface area (Å²) in [4.78, 5) is 12.3. The van der Waals surface area contributed by atoms with Gasteiger partial charge in [0.25, 0.3) is 5.89 Å². The van der Waals surface area contributed by atoms with Crippen molar-refractivity contribution < 1.29 is 9.21 Å². The molecule has 2 aromatic heterocycles. The highest BCUT2D eigenvalue weighted by molar-refractivity contribution is 6.30. The Morgan fingerprint density at radius 2 is 2.13 bits per heavy atom. The van der Waals surface area contributed by atoms with Gasteiger partial charge in [-0.05, 0) is 42.8 Å². The van der Waals surface area contributed by atoms with Gasteiger partial charge in [-0.3, -0.25) is 4.79 Å². The molecule has 3 aromatic rings. The van der Waals surface area contributed by atoms with E-state index in [0.717, 1.165) is 11.3 Å². The molecule has 0 aliphatic carbocycles. The van der Waals surface area contributed by atoms with Crippen LogP contribution >= 0.6 is 11.6 Å². The van der Waals surface area contributed by atoms with Crippen molar-refractivity contribution in [1.29, 1.82) is 0 Å². The Hall–Kier alpha value is -2.60. The maximum absolute atomic E-state index is 12.3. The zero-order chi connectivity index (χ0) is 16.4. The van der Waals surface area contributed by atoms with Crippen molar-refractivity contribution >= 4 is 23.2 Å². The van der Waals surface area contributed by atoms with Crippen LogP contribution in [0.2, 0.25) is 5.02 Å². The van der Waals surface area contributed by atoms with Gasteiger partial charge in [-0.2, -0.15) is 0 Å². The molecule has 2 heterocycles. The number of nitrogens with zero attached hydrogens (tertiary/aromatic N) is 3. The number of amides is 1. The number of nitrogens with one attached hydrogen (secondary N) is 1. The van der Waals surface area contributed by atoms with Gasteiger partial charge < -0.3 is 14.3 Å². The first kappa shape index (κ1) is 15.3. The Morgan fingerprint density at radius 3 is 2.83 bits per heavy atom. The summed E-state index contributed by atoms with van der Waals surface area (Å²) in [6, 6.07) is 8.99. The van der Waals surface area contributed by atoms with Crippen molar-refractivity contribution in [2.24, 2.45) is 0 Å². The molecule has 23 heavy (non-hydrogen) atoms. The number of anilines is 1. The van der Waals surface area contributed by atoms with Crippen LogP contribution < -0.4 is 5.32 Å².